The summed E-state index contributed by atoms with van der Waals surface area (Å²) in [6.45, 7) is 4.23. The van der Waals surface area contributed by atoms with Crippen molar-refractivity contribution in [3.8, 4) is 5.88 Å². The highest BCUT2D eigenvalue weighted by molar-refractivity contribution is 7.20. The normalized spacial score (nSPS) is 11.1. The number of ether oxygens (including phenoxy) is 2. The van der Waals surface area contributed by atoms with Crippen LogP contribution in [0, 0.1) is 6.92 Å². The van der Waals surface area contributed by atoms with Crippen LogP contribution >= 0.6 is 11.3 Å². The summed E-state index contributed by atoms with van der Waals surface area (Å²) in [4.78, 5) is 48.3. The van der Waals surface area contributed by atoms with E-state index in [1.54, 1.807) is 31.2 Å². The highest BCUT2D eigenvalue weighted by Gasteiger charge is 2.23. The number of methoxy groups -OCH3 is 2. The molecule has 0 aliphatic heterocycles. The zero-order valence-electron chi connectivity index (χ0n) is 19.7. The van der Waals surface area contributed by atoms with Crippen molar-refractivity contribution in [2.24, 2.45) is 0 Å². The van der Waals surface area contributed by atoms with Gasteiger partial charge in [-0.15, -0.1) is 11.3 Å². The van der Waals surface area contributed by atoms with Gasteiger partial charge in [0.05, 0.1) is 22.8 Å². The molecule has 182 valence electrons. The summed E-state index contributed by atoms with van der Waals surface area (Å²) in [6, 6.07) is 6.74. The molecule has 0 aliphatic carbocycles. The molecule has 3 aromatic heterocycles. The minimum absolute atomic E-state index is 0.0405. The number of hydrogen-bond acceptors (Lipinski definition) is 9. The second-order valence-electron chi connectivity index (χ2n) is 7.65. The van der Waals surface area contributed by atoms with Crippen molar-refractivity contribution in [3.05, 3.63) is 56.6 Å². The summed E-state index contributed by atoms with van der Waals surface area (Å²) < 4.78 is 11.7. The monoisotopic (exact) mass is 496 g/mol. The van der Waals surface area contributed by atoms with Gasteiger partial charge in [-0.25, -0.2) is 9.67 Å². The Balaban J connectivity index is 1.62. The Morgan fingerprint density at radius 2 is 1.80 bits per heavy atom. The summed E-state index contributed by atoms with van der Waals surface area (Å²) in [6.07, 6.45) is 0.673. The summed E-state index contributed by atoms with van der Waals surface area (Å²) in [5.74, 6) is -0.399. The predicted octanol–water partition coefficient (Wildman–Crippen LogP) is 2.35. The predicted molar refractivity (Wildman–Crippen MR) is 131 cm³/mol. The van der Waals surface area contributed by atoms with E-state index in [1.807, 2.05) is 6.92 Å². The van der Waals surface area contributed by atoms with E-state index in [0.29, 0.717) is 56.1 Å². The fourth-order valence-electron chi connectivity index (χ4n) is 3.70. The van der Waals surface area contributed by atoms with Crippen molar-refractivity contribution >= 4 is 44.1 Å². The van der Waals surface area contributed by atoms with Crippen LogP contribution in [0.25, 0.3) is 21.0 Å². The van der Waals surface area contributed by atoms with Gasteiger partial charge in [0.2, 0.25) is 5.88 Å². The van der Waals surface area contributed by atoms with Crippen LogP contribution in [0.1, 0.15) is 44.9 Å². The zero-order chi connectivity index (χ0) is 25.1. The second-order valence-corrected chi connectivity index (χ2v) is 8.65. The molecule has 0 fully saturated rings. The van der Waals surface area contributed by atoms with Crippen molar-refractivity contribution in [1.29, 1.82) is 0 Å². The Morgan fingerprint density at radius 3 is 2.49 bits per heavy atom. The van der Waals surface area contributed by atoms with Crippen LogP contribution in [-0.2, 0) is 17.9 Å². The van der Waals surface area contributed by atoms with E-state index in [2.05, 4.69) is 25.9 Å². The molecule has 4 aromatic rings. The van der Waals surface area contributed by atoms with Crippen LogP contribution in [0.4, 0.5) is 0 Å². The van der Waals surface area contributed by atoms with Gasteiger partial charge in [-0.05, 0) is 25.0 Å². The van der Waals surface area contributed by atoms with Gasteiger partial charge in [0, 0.05) is 19.0 Å². The lowest BCUT2D eigenvalue weighted by Gasteiger charge is -2.11. The standard InChI is InChI=1S/C23H24N6O5S/c1-5-10-29-23(32)14-9-7-6-8-13(14)17(28-29)19(30)26-27-20(31)18-12(2)16-21(34-4)24-15(11-33-3)25-22(16)35-18/h6-9H,5,10-11H2,1-4H3,(H,26,30)(H,27,31). The van der Waals surface area contributed by atoms with E-state index in [9.17, 15) is 14.4 Å². The molecular formula is C23H24N6O5S. The number of amides is 2. The third kappa shape index (κ3) is 4.57. The molecule has 2 amide bonds. The summed E-state index contributed by atoms with van der Waals surface area (Å²) in [5, 5.41) is 5.64. The van der Waals surface area contributed by atoms with Crippen molar-refractivity contribution < 1.29 is 19.1 Å². The fourth-order valence-corrected chi connectivity index (χ4v) is 4.78. The molecule has 0 saturated carbocycles. The Hall–Kier alpha value is -3.90. The van der Waals surface area contributed by atoms with Gasteiger partial charge >= 0.3 is 0 Å². The quantitative estimate of drug-likeness (QED) is 0.372. The zero-order valence-corrected chi connectivity index (χ0v) is 20.5. The molecule has 0 atom stereocenters. The number of carbonyl (C=O) groups is 2. The summed E-state index contributed by atoms with van der Waals surface area (Å²) in [5.41, 5.74) is 5.24. The molecule has 0 spiro atoms. The highest BCUT2D eigenvalue weighted by Crippen LogP contribution is 2.35. The van der Waals surface area contributed by atoms with Gasteiger partial charge in [-0.2, -0.15) is 10.1 Å². The molecule has 0 bridgehead atoms. The number of fused-ring (bicyclic) bond motifs is 2. The molecule has 35 heavy (non-hydrogen) atoms. The summed E-state index contributed by atoms with van der Waals surface area (Å²) >= 11 is 1.15. The van der Waals surface area contributed by atoms with E-state index >= 15 is 0 Å². The Bertz CT molecular complexity index is 1500. The van der Waals surface area contributed by atoms with Crippen LogP contribution < -0.4 is 21.1 Å². The lowest BCUT2D eigenvalue weighted by molar-refractivity contribution is 0.0845. The largest absolute Gasteiger partial charge is 0.480 e. The van der Waals surface area contributed by atoms with Crippen molar-refractivity contribution in [3.63, 3.8) is 0 Å². The van der Waals surface area contributed by atoms with E-state index < -0.39 is 11.8 Å². The maximum absolute atomic E-state index is 13.0. The number of hydrogen-bond donors (Lipinski definition) is 2. The van der Waals surface area contributed by atoms with Gasteiger partial charge in [0.15, 0.2) is 11.5 Å². The van der Waals surface area contributed by atoms with Crippen molar-refractivity contribution in [2.75, 3.05) is 14.2 Å². The Morgan fingerprint density at radius 1 is 1.09 bits per heavy atom. The number of carbonyl (C=O) groups excluding carboxylic acids is 2. The number of nitrogens with one attached hydrogen (secondary N) is 2. The van der Waals surface area contributed by atoms with Crippen LogP contribution in [-0.4, -0.2) is 45.8 Å². The van der Waals surface area contributed by atoms with Gasteiger partial charge < -0.3 is 9.47 Å². The summed E-state index contributed by atoms with van der Waals surface area (Å²) in [7, 11) is 3.03. The van der Waals surface area contributed by atoms with Crippen LogP contribution in [0.2, 0.25) is 0 Å². The first-order chi connectivity index (χ1) is 16.9. The number of rotatable bonds is 7. The number of aryl methyl sites for hydroxylation is 2. The third-order valence-electron chi connectivity index (χ3n) is 5.28. The van der Waals surface area contributed by atoms with Gasteiger partial charge in [0.1, 0.15) is 11.4 Å². The van der Waals surface area contributed by atoms with E-state index in [-0.39, 0.29) is 17.9 Å². The first-order valence-electron chi connectivity index (χ1n) is 10.8. The first kappa shape index (κ1) is 24.2. The smallest absolute Gasteiger partial charge is 0.290 e. The highest BCUT2D eigenvalue weighted by atomic mass is 32.1. The number of thiophene rings is 1. The second kappa shape index (κ2) is 10.2. The van der Waals surface area contributed by atoms with E-state index in [1.165, 1.54) is 18.9 Å². The first-order valence-corrected chi connectivity index (χ1v) is 11.6. The van der Waals surface area contributed by atoms with Crippen molar-refractivity contribution in [2.45, 2.75) is 33.4 Å². The van der Waals surface area contributed by atoms with Crippen molar-refractivity contribution in [1.82, 2.24) is 30.6 Å². The lowest BCUT2D eigenvalue weighted by Crippen LogP contribution is -2.42. The van der Waals surface area contributed by atoms with Gasteiger partial charge in [-0.3, -0.25) is 25.2 Å². The molecule has 1 aromatic carbocycles. The van der Waals surface area contributed by atoms with Gasteiger partial charge in [-0.1, -0.05) is 25.1 Å². The molecule has 0 aliphatic rings. The van der Waals surface area contributed by atoms with Crippen LogP contribution in [0.5, 0.6) is 5.88 Å². The van der Waals surface area contributed by atoms with Gasteiger partial charge in [0.25, 0.3) is 17.4 Å². The molecule has 0 unspecified atom stereocenters. The number of nitrogens with zero attached hydrogens (tertiary/aromatic N) is 4. The van der Waals surface area contributed by atoms with Crippen LogP contribution in [0.15, 0.2) is 29.1 Å². The lowest BCUT2D eigenvalue weighted by atomic mass is 10.1. The minimum Gasteiger partial charge on any atom is -0.480 e. The Kier molecular flexibility index (Phi) is 7.03. The molecule has 0 saturated heterocycles. The third-order valence-corrected chi connectivity index (χ3v) is 6.47. The average molecular weight is 497 g/mol. The van der Waals surface area contributed by atoms with E-state index in [0.717, 1.165) is 11.3 Å². The molecule has 4 rings (SSSR count). The van der Waals surface area contributed by atoms with E-state index in [4.69, 9.17) is 9.47 Å². The Labute approximate surface area is 204 Å². The average Bonchev–Trinajstić information content (AvgIpc) is 3.20. The maximum atomic E-state index is 13.0. The molecule has 2 N–H and O–H groups in total. The molecular weight excluding hydrogens is 472 g/mol. The topological polar surface area (TPSA) is 137 Å². The molecule has 12 heteroatoms. The SMILES string of the molecule is CCCn1nc(C(=O)NNC(=O)c2sc3nc(COC)nc(OC)c3c2C)c2ccccc2c1=O. The fraction of sp³-hybridized carbons (Fsp3) is 0.304. The number of benzene rings is 1. The molecule has 0 radical (unpaired) electrons. The molecule has 3 heterocycles. The number of hydrazine groups is 1. The number of aromatic nitrogens is 4. The van der Waals surface area contributed by atoms with Crippen LogP contribution in [0.3, 0.4) is 0 Å². The molecule has 11 nitrogen and oxygen atoms in total. The maximum Gasteiger partial charge on any atom is 0.290 e. The minimum atomic E-state index is -0.641.